The van der Waals surface area contributed by atoms with Crippen LogP contribution in [0.3, 0.4) is 0 Å². The zero-order valence-corrected chi connectivity index (χ0v) is 14.8. The number of hydrogen-bond donors (Lipinski definition) is 1. The molecule has 2 aromatic heterocycles. The van der Waals surface area contributed by atoms with Crippen molar-refractivity contribution >= 4 is 23.3 Å². The SMILES string of the molecule is Cn1nc(C(=O)Nc2ccc(Cc3ccc(F)c(F)c3Cl)cn2)ccc1=O. The molecule has 9 heteroatoms. The molecule has 0 atom stereocenters. The first kappa shape index (κ1) is 18.7. The Morgan fingerprint density at radius 3 is 2.63 bits per heavy atom. The van der Waals surface area contributed by atoms with Crippen LogP contribution in [0.5, 0.6) is 0 Å². The van der Waals surface area contributed by atoms with Crippen LogP contribution in [-0.4, -0.2) is 20.7 Å². The second kappa shape index (κ2) is 7.63. The third kappa shape index (κ3) is 4.17. The van der Waals surface area contributed by atoms with E-state index in [0.29, 0.717) is 11.1 Å². The van der Waals surface area contributed by atoms with E-state index < -0.39 is 17.5 Å². The molecule has 0 radical (unpaired) electrons. The Bertz CT molecular complexity index is 1070. The van der Waals surface area contributed by atoms with Crippen LogP contribution in [0, 0.1) is 11.6 Å². The highest BCUT2D eigenvalue weighted by Crippen LogP contribution is 2.24. The third-order valence-electron chi connectivity index (χ3n) is 3.77. The summed E-state index contributed by atoms with van der Waals surface area (Å²) >= 11 is 5.82. The Morgan fingerprint density at radius 2 is 1.96 bits per heavy atom. The molecule has 27 heavy (non-hydrogen) atoms. The van der Waals surface area contributed by atoms with Gasteiger partial charge in [0.1, 0.15) is 11.5 Å². The molecule has 0 saturated heterocycles. The normalized spacial score (nSPS) is 10.7. The van der Waals surface area contributed by atoms with Crippen LogP contribution in [0.4, 0.5) is 14.6 Å². The van der Waals surface area contributed by atoms with Crippen LogP contribution in [0.25, 0.3) is 0 Å². The van der Waals surface area contributed by atoms with Crippen molar-refractivity contribution in [2.45, 2.75) is 6.42 Å². The quantitative estimate of drug-likeness (QED) is 0.695. The van der Waals surface area contributed by atoms with Gasteiger partial charge in [-0.25, -0.2) is 18.4 Å². The van der Waals surface area contributed by atoms with Crippen LogP contribution < -0.4 is 10.9 Å². The van der Waals surface area contributed by atoms with Gasteiger partial charge in [-0.3, -0.25) is 9.59 Å². The van der Waals surface area contributed by atoms with Gasteiger partial charge in [-0.15, -0.1) is 0 Å². The average molecular weight is 391 g/mol. The van der Waals surface area contributed by atoms with Crippen LogP contribution >= 0.6 is 11.6 Å². The van der Waals surface area contributed by atoms with E-state index in [9.17, 15) is 18.4 Å². The van der Waals surface area contributed by atoms with Crippen molar-refractivity contribution in [1.29, 1.82) is 0 Å². The minimum Gasteiger partial charge on any atom is -0.305 e. The van der Waals surface area contributed by atoms with Gasteiger partial charge in [-0.1, -0.05) is 23.7 Å². The average Bonchev–Trinajstić information content (AvgIpc) is 2.66. The molecule has 0 spiro atoms. The van der Waals surface area contributed by atoms with Gasteiger partial charge in [0, 0.05) is 25.7 Å². The Labute approximate surface area is 157 Å². The van der Waals surface area contributed by atoms with Gasteiger partial charge in [0.25, 0.3) is 11.5 Å². The van der Waals surface area contributed by atoms with Crippen molar-refractivity contribution in [3.05, 3.63) is 86.4 Å². The predicted molar refractivity (Wildman–Crippen MR) is 95.8 cm³/mol. The van der Waals surface area contributed by atoms with Gasteiger partial charge >= 0.3 is 0 Å². The van der Waals surface area contributed by atoms with Gasteiger partial charge in [-0.05, 0) is 29.3 Å². The number of aryl methyl sites for hydroxylation is 1. The Balaban J connectivity index is 1.72. The summed E-state index contributed by atoms with van der Waals surface area (Å²) in [5, 5.41) is 6.14. The molecule has 1 N–H and O–H groups in total. The number of anilines is 1. The maximum atomic E-state index is 13.5. The molecule has 0 aliphatic carbocycles. The first-order chi connectivity index (χ1) is 12.8. The van der Waals surface area contributed by atoms with E-state index in [4.69, 9.17) is 11.6 Å². The summed E-state index contributed by atoms with van der Waals surface area (Å²) in [4.78, 5) is 27.6. The highest BCUT2D eigenvalue weighted by molar-refractivity contribution is 6.31. The summed E-state index contributed by atoms with van der Waals surface area (Å²) < 4.78 is 27.7. The molecule has 0 fully saturated rings. The molecule has 1 aromatic carbocycles. The highest BCUT2D eigenvalue weighted by atomic mass is 35.5. The molecule has 0 unspecified atom stereocenters. The molecule has 0 aliphatic heterocycles. The number of halogens is 3. The fraction of sp³-hybridized carbons (Fsp3) is 0.111. The van der Waals surface area contributed by atoms with Crippen molar-refractivity contribution in [3.63, 3.8) is 0 Å². The van der Waals surface area contributed by atoms with Crippen molar-refractivity contribution in [2.24, 2.45) is 7.05 Å². The first-order valence-corrected chi connectivity index (χ1v) is 8.16. The fourth-order valence-electron chi connectivity index (χ4n) is 2.33. The van der Waals surface area contributed by atoms with Gasteiger partial charge < -0.3 is 5.32 Å². The fourth-order valence-corrected chi connectivity index (χ4v) is 2.55. The topological polar surface area (TPSA) is 76.9 Å². The maximum Gasteiger partial charge on any atom is 0.277 e. The number of aromatic nitrogens is 3. The number of carbonyl (C=O) groups is 1. The lowest BCUT2D eigenvalue weighted by molar-refractivity contribution is 0.101. The van der Waals surface area contributed by atoms with Gasteiger partial charge in [-0.2, -0.15) is 5.10 Å². The number of amides is 1. The summed E-state index contributed by atoms with van der Waals surface area (Å²) in [7, 11) is 1.44. The van der Waals surface area contributed by atoms with E-state index in [-0.39, 0.29) is 28.5 Å². The van der Waals surface area contributed by atoms with Crippen LogP contribution in [0.1, 0.15) is 21.6 Å². The van der Waals surface area contributed by atoms with E-state index in [0.717, 1.165) is 10.7 Å². The summed E-state index contributed by atoms with van der Waals surface area (Å²) in [6.07, 6.45) is 1.74. The number of nitrogens with zero attached hydrogens (tertiary/aromatic N) is 3. The zero-order chi connectivity index (χ0) is 19.6. The van der Waals surface area contributed by atoms with Gasteiger partial charge in [0.2, 0.25) is 0 Å². The Kier molecular flexibility index (Phi) is 5.27. The second-order valence-electron chi connectivity index (χ2n) is 5.70. The lowest BCUT2D eigenvalue weighted by Crippen LogP contribution is -2.23. The molecule has 138 valence electrons. The van der Waals surface area contributed by atoms with E-state index in [1.165, 1.54) is 31.4 Å². The smallest absolute Gasteiger partial charge is 0.277 e. The highest BCUT2D eigenvalue weighted by Gasteiger charge is 2.13. The number of pyridine rings is 1. The number of hydrogen-bond acceptors (Lipinski definition) is 4. The summed E-state index contributed by atoms with van der Waals surface area (Å²) in [5.74, 6) is -2.34. The van der Waals surface area contributed by atoms with E-state index in [2.05, 4.69) is 15.4 Å². The van der Waals surface area contributed by atoms with Gasteiger partial charge in [0.05, 0.1) is 5.02 Å². The van der Waals surface area contributed by atoms with Crippen molar-refractivity contribution < 1.29 is 13.6 Å². The molecule has 0 aliphatic rings. The number of benzene rings is 1. The van der Waals surface area contributed by atoms with Crippen molar-refractivity contribution in [2.75, 3.05) is 5.32 Å². The summed E-state index contributed by atoms with van der Waals surface area (Å²) in [6.45, 7) is 0. The lowest BCUT2D eigenvalue weighted by atomic mass is 10.1. The lowest BCUT2D eigenvalue weighted by Gasteiger charge is -2.08. The largest absolute Gasteiger partial charge is 0.305 e. The van der Waals surface area contributed by atoms with E-state index in [1.54, 1.807) is 12.1 Å². The standard InChI is InChI=1S/C18H13ClF2N4O2/c1-25-15(26)7-5-13(24-25)18(27)23-14-6-2-10(9-22-14)8-11-3-4-12(20)17(21)16(11)19/h2-7,9H,8H2,1H3,(H,22,23,27). The second-order valence-corrected chi connectivity index (χ2v) is 6.08. The number of carbonyl (C=O) groups excluding carboxylic acids is 1. The van der Waals surface area contributed by atoms with Gasteiger partial charge in [0.15, 0.2) is 11.6 Å². The minimum atomic E-state index is -1.09. The Morgan fingerprint density at radius 1 is 1.19 bits per heavy atom. The van der Waals surface area contributed by atoms with Crippen molar-refractivity contribution in [1.82, 2.24) is 14.8 Å². The van der Waals surface area contributed by atoms with Crippen LogP contribution in [0.2, 0.25) is 5.02 Å². The molecule has 3 aromatic rings. The van der Waals surface area contributed by atoms with Crippen LogP contribution in [0.15, 0.2) is 47.4 Å². The van der Waals surface area contributed by atoms with E-state index in [1.807, 2.05) is 0 Å². The number of nitrogens with one attached hydrogen (secondary N) is 1. The zero-order valence-electron chi connectivity index (χ0n) is 14.0. The summed E-state index contributed by atoms with van der Waals surface area (Å²) in [5.41, 5.74) is 0.853. The van der Waals surface area contributed by atoms with Crippen molar-refractivity contribution in [3.8, 4) is 0 Å². The Hall–Kier alpha value is -3.13. The molecular formula is C18H13ClF2N4O2. The molecule has 2 heterocycles. The van der Waals surface area contributed by atoms with Crippen LogP contribution in [-0.2, 0) is 13.5 Å². The molecule has 0 saturated carbocycles. The maximum absolute atomic E-state index is 13.5. The molecule has 3 rings (SSSR count). The summed E-state index contributed by atoms with van der Waals surface area (Å²) in [6, 6.07) is 8.21. The molecule has 1 amide bonds. The van der Waals surface area contributed by atoms with E-state index >= 15 is 0 Å². The predicted octanol–water partition coefficient (Wildman–Crippen LogP) is 2.95. The monoisotopic (exact) mass is 390 g/mol. The third-order valence-corrected chi connectivity index (χ3v) is 4.18. The number of rotatable bonds is 4. The minimum absolute atomic E-state index is 0.0662. The molecular weight excluding hydrogens is 378 g/mol. The molecule has 6 nitrogen and oxygen atoms in total. The first-order valence-electron chi connectivity index (χ1n) is 7.78. The molecule has 0 bridgehead atoms.